The van der Waals surface area contributed by atoms with Crippen LogP contribution in [-0.2, 0) is 0 Å². The predicted molar refractivity (Wildman–Crippen MR) is 35.9 cm³/mol. The number of rotatable bonds is 0. The van der Waals surface area contributed by atoms with Gasteiger partial charge in [0.05, 0.1) is 0 Å². The fourth-order valence-corrected chi connectivity index (χ4v) is 0.593. The van der Waals surface area contributed by atoms with Crippen LogP contribution in [0.2, 0.25) is 0 Å². The Morgan fingerprint density at radius 2 is 1.06 bits per heavy atom. The molecule has 4 nitrogen and oxygen atoms in total. The first-order chi connectivity index (χ1) is 7.20. The third-order valence-electron chi connectivity index (χ3n) is 1.19. The van der Waals surface area contributed by atoms with Crippen LogP contribution in [0.3, 0.4) is 0 Å². The molecule has 0 spiro atoms. The molecule has 0 fully saturated rings. The van der Waals surface area contributed by atoms with Crippen LogP contribution >= 0.6 is 0 Å². The standard InChI is InChI=1S/C6HF5O.CH2O3.Na/c7-1-2(8)4(10)6(12)5(11)3(1)9;2-1(3)4;/h12H;(H2,2,3,4);/q;;+1/p-1. The molecule has 0 aliphatic rings. The maximum absolute atomic E-state index is 12.2. The number of halogens is 5. The summed E-state index contributed by atoms with van der Waals surface area (Å²) in [4.78, 5) is 8.44. The molecule has 1 aromatic carbocycles. The molecule has 90 valence electrons. The van der Waals surface area contributed by atoms with E-state index in [9.17, 15) is 22.0 Å². The Hall–Kier alpha value is -1.06. The smallest absolute Gasteiger partial charge is 0.565 e. The van der Waals surface area contributed by atoms with E-state index in [1.54, 1.807) is 0 Å². The van der Waals surface area contributed by atoms with Crippen LogP contribution in [-0.4, -0.2) is 16.4 Å². The Balaban J connectivity index is 0. The molecule has 0 heterocycles. The Morgan fingerprint density at radius 3 is 1.29 bits per heavy atom. The second-order valence-corrected chi connectivity index (χ2v) is 2.18. The van der Waals surface area contributed by atoms with E-state index in [2.05, 4.69) is 0 Å². The van der Waals surface area contributed by atoms with E-state index < -0.39 is 41.0 Å². The molecular formula is C7H2F5NaO4. The third kappa shape index (κ3) is 4.75. The van der Waals surface area contributed by atoms with Gasteiger partial charge in [-0.15, -0.1) is 0 Å². The average molecular weight is 268 g/mol. The van der Waals surface area contributed by atoms with Gasteiger partial charge in [0.2, 0.25) is 35.2 Å². The maximum Gasteiger partial charge on any atom is 1.00 e. The molecule has 0 aromatic heterocycles. The molecule has 0 saturated carbocycles. The van der Waals surface area contributed by atoms with E-state index in [0.29, 0.717) is 0 Å². The van der Waals surface area contributed by atoms with Crippen molar-refractivity contribution in [1.82, 2.24) is 0 Å². The van der Waals surface area contributed by atoms with E-state index in [0.717, 1.165) is 0 Å². The van der Waals surface area contributed by atoms with Crippen LogP contribution < -0.4 is 34.7 Å². The summed E-state index contributed by atoms with van der Waals surface area (Å²) >= 11 is 0. The quantitative estimate of drug-likeness (QED) is 0.246. The second kappa shape index (κ2) is 7.30. The van der Waals surface area contributed by atoms with Crippen LogP contribution in [0.25, 0.3) is 0 Å². The van der Waals surface area contributed by atoms with E-state index in [1.165, 1.54) is 0 Å². The van der Waals surface area contributed by atoms with Crippen molar-refractivity contribution in [2.24, 2.45) is 0 Å². The molecule has 0 unspecified atom stereocenters. The minimum atomic E-state index is -2.29. The van der Waals surface area contributed by atoms with Crippen molar-refractivity contribution in [3.8, 4) is 5.75 Å². The Bertz CT molecular complexity index is 316. The van der Waals surface area contributed by atoms with E-state index in [-0.39, 0.29) is 29.6 Å². The van der Waals surface area contributed by atoms with Gasteiger partial charge >= 0.3 is 29.6 Å². The Labute approximate surface area is 113 Å². The van der Waals surface area contributed by atoms with E-state index >= 15 is 0 Å². The first-order valence-corrected chi connectivity index (χ1v) is 3.30. The molecule has 2 N–H and O–H groups in total. The summed E-state index contributed by atoms with van der Waals surface area (Å²) in [5.74, 6) is -12.9. The van der Waals surface area contributed by atoms with Crippen LogP contribution in [0.4, 0.5) is 26.7 Å². The van der Waals surface area contributed by atoms with E-state index in [4.69, 9.17) is 20.1 Å². The fraction of sp³-hybridized carbons (Fsp3) is 0. The molecule has 0 atom stereocenters. The van der Waals surface area contributed by atoms with E-state index in [1.807, 2.05) is 0 Å². The first kappa shape index (κ1) is 18.3. The molecule has 1 rings (SSSR count). The van der Waals surface area contributed by atoms with Crippen molar-refractivity contribution in [3.63, 3.8) is 0 Å². The average Bonchev–Trinajstić information content (AvgIpc) is 2.20. The van der Waals surface area contributed by atoms with Gasteiger partial charge in [-0.1, -0.05) is 0 Å². The van der Waals surface area contributed by atoms with Gasteiger partial charge < -0.3 is 20.1 Å². The molecule has 1 aromatic rings. The van der Waals surface area contributed by atoms with Gasteiger partial charge in [-0.3, -0.25) is 0 Å². The Morgan fingerprint density at radius 1 is 0.882 bits per heavy atom. The van der Waals surface area contributed by atoms with Gasteiger partial charge in [-0.05, 0) is 0 Å². The molecule has 10 heteroatoms. The summed E-state index contributed by atoms with van der Waals surface area (Å²) in [5.41, 5.74) is 0. The van der Waals surface area contributed by atoms with Crippen molar-refractivity contribution in [3.05, 3.63) is 29.1 Å². The molecule has 17 heavy (non-hydrogen) atoms. The molecular weight excluding hydrogens is 266 g/mol. The molecule has 0 bridgehead atoms. The summed E-state index contributed by atoms with van der Waals surface area (Å²) in [6.07, 6.45) is -2.08. The molecule has 0 saturated heterocycles. The summed E-state index contributed by atoms with van der Waals surface area (Å²) < 4.78 is 60.6. The maximum atomic E-state index is 12.2. The van der Waals surface area contributed by atoms with Gasteiger partial charge in [-0.25, -0.2) is 13.2 Å². The van der Waals surface area contributed by atoms with Gasteiger partial charge in [0, 0.05) is 0 Å². The minimum Gasteiger partial charge on any atom is -0.565 e. The van der Waals surface area contributed by atoms with Crippen molar-refractivity contribution in [1.29, 1.82) is 0 Å². The number of phenolic OH excluding ortho intramolecular Hbond substituents is 1. The molecule has 0 amide bonds. The van der Waals surface area contributed by atoms with Crippen molar-refractivity contribution < 1.29 is 71.6 Å². The number of aromatic hydroxyl groups is 1. The summed E-state index contributed by atoms with van der Waals surface area (Å²) in [5, 5.41) is 23.6. The normalized spacial score (nSPS) is 8.76. The van der Waals surface area contributed by atoms with Crippen LogP contribution in [0.1, 0.15) is 0 Å². The van der Waals surface area contributed by atoms with Gasteiger partial charge in [0.15, 0.2) is 5.75 Å². The van der Waals surface area contributed by atoms with Gasteiger partial charge in [0.25, 0.3) is 0 Å². The number of phenols is 1. The number of carboxylic acid groups (broad SMARTS) is 2. The van der Waals surface area contributed by atoms with Crippen LogP contribution in [0, 0.1) is 29.1 Å². The van der Waals surface area contributed by atoms with Crippen LogP contribution in [0.5, 0.6) is 5.75 Å². The summed E-state index contributed by atoms with van der Waals surface area (Å²) in [7, 11) is 0. The zero-order valence-corrected chi connectivity index (χ0v) is 10.1. The second-order valence-electron chi connectivity index (χ2n) is 2.18. The molecule has 0 aliphatic heterocycles. The largest absolute Gasteiger partial charge is 1.00 e. The SMILES string of the molecule is O=C([O-])O.Oc1c(F)c(F)c(F)c(F)c1F.[Na+]. The fourth-order valence-electron chi connectivity index (χ4n) is 0.593. The predicted octanol–water partition coefficient (Wildman–Crippen LogP) is -2.02. The number of hydrogen-bond donors (Lipinski definition) is 2. The monoisotopic (exact) mass is 268 g/mol. The Kier molecular flexibility index (Phi) is 7.86. The first-order valence-electron chi connectivity index (χ1n) is 3.30. The number of carbonyl (C=O) groups is 1. The molecule has 0 aliphatic carbocycles. The van der Waals surface area contributed by atoms with Crippen molar-refractivity contribution >= 4 is 6.16 Å². The summed E-state index contributed by atoms with van der Waals surface area (Å²) in [6.45, 7) is 0. The van der Waals surface area contributed by atoms with Crippen LogP contribution in [0.15, 0.2) is 0 Å². The van der Waals surface area contributed by atoms with Crippen molar-refractivity contribution in [2.45, 2.75) is 0 Å². The minimum absolute atomic E-state index is 0. The van der Waals surface area contributed by atoms with Gasteiger partial charge in [-0.2, -0.15) is 8.78 Å². The number of hydrogen-bond acceptors (Lipinski definition) is 3. The zero-order chi connectivity index (χ0) is 13.0. The molecule has 0 radical (unpaired) electrons. The zero-order valence-electron chi connectivity index (χ0n) is 8.10. The topological polar surface area (TPSA) is 80.6 Å². The third-order valence-corrected chi connectivity index (χ3v) is 1.19. The summed E-state index contributed by atoms with van der Waals surface area (Å²) in [6, 6.07) is 0. The van der Waals surface area contributed by atoms with Crippen molar-refractivity contribution in [2.75, 3.05) is 0 Å². The van der Waals surface area contributed by atoms with Gasteiger partial charge in [0.1, 0.15) is 0 Å². The number of benzene rings is 1.